The highest BCUT2D eigenvalue weighted by Crippen LogP contribution is 2.45. The first-order valence-electron chi connectivity index (χ1n) is 13.5. The van der Waals surface area contributed by atoms with Gasteiger partial charge in [-0.25, -0.2) is 5.01 Å². The molecule has 7 fully saturated rings. The fourth-order valence-corrected chi connectivity index (χ4v) is 7.97. The van der Waals surface area contributed by atoms with Crippen LogP contribution in [0.15, 0.2) is 0 Å². The molecule has 0 spiro atoms. The van der Waals surface area contributed by atoms with E-state index in [9.17, 15) is 4.79 Å². The Morgan fingerprint density at radius 2 is 1.94 bits per heavy atom. The van der Waals surface area contributed by atoms with E-state index in [0.717, 1.165) is 50.2 Å². The average molecular weight is 462 g/mol. The van der Waals surface area contributed by atoms with Crippen LogP contribution in [-0.2, 0) is 9.53 Å². The number of nitrogens with zero attached hydrogens (tertiary/aromatic N) is 2. The zero-order chi connectivity index (χ0) is 22.5. The molecule has 186 valence electrons. The number of fused-ring (bicyclic) bond motifs is 3. The van der Waals surface area contributed by atoms with E-state index in [0.29, 0.717) is 30.9 Å². The molecule has 2 bridgehead atoms. The third-order valence-corrected chi connectivity index (χ3v) is 9.47. The highest BCUT2D eigenvalue weighted by Gasteiger charge is 2.51. The van der Waals surface area contributed by atoms with E-state index in [1.165, 1.54) is 32.5 Å². The molecular formula is C24H43N7O2. The van der Waals surface area contributed by atoms with Crippen molar-refractivity contribution in [3.05, 3.63) is 0 Å². The molecule has 0 aromatic rings. The largest absolute Gasteiger partial charge is 0.376 e. The van der Waals surface area contributed by atoms with Crippen LogP contribution in [0.4, 0.5) is 0 Å². The number of hydrazine groups is 1. The van der Waals surface area contributed by atoms with Crippen LogP contribution in [-0.4, -0.2) is 98.3 Å². The van der Waals surface area contributed by atoms with Gasteiger partial charge in [0.25, 0.3) is 0 Å². The van der Waals surface area contributed by atoms with Crippen molar-refractivity contribution in [2.45, 2.75) is 76.1 Å². The van der Waals surface area contributed by atoms with Crippen molar-refractivity contribution in [3.8, 4) is 0 Å². The fourth-order valence-electron chi connectivity index (χ4n) is 7.97. The molecule has 0 aromatic heterocycles. The van der Waals surface area contributed by atoms with Crippen LogP contribution < -0.4 is 26.7 Å². The van der Waals surface area contributed by atoms with E-state index in [1.807, 2.05) is 6.92 Å². The van der Waals surface area contributed by atoms with Crippen LogP contribution in [0.5, 0.6) is 0 Å². The van der Waals surface area contributed by atoms with Gasteiger partial charge in [-0.1, -0.05) is 0 Å². The van der Waals surface area contributed by atoms with Gasteiger partial charge in [0.1, 0.15) is 0 Å². The normalized spacial score (nSPS) is 47.9. The van der Waals surface area contributed by atoms with Crippen molar-refractivity contribution in [1.29, 1.82) is 0 Å². The minimum absolute atomic E-state index is 0.0162. The van der Waals surface area contributed by atoms with Crippen molar-refractivity contribution in [1.82, 2.24) is 36.6 Å². The van der Waals surface area contributed by atoms with Crippen LogP contribution >= 0.6 is 0 Å². The maximum absolute atomic E-state index is 13.3. The summed E-state index contributed by atoms with van der Waals surface area (Å²) >= 11 is 0. The van der Waals surface area contributed by atoms with Gasteiger partial charge in [0.05, 0.1) is 24.4 Å². The monoisotopic (exact) mass is 461 g/mol. The lowest BCUT2D eigenvalue weighted by atomic mass is 9.66. The second-order valence-electron chi connectivity index (χ2n) is 11.4. The molecule has 7 rings (SSSR count). The number of rotatable bonds is 5. The zero-order valence-electron chi connectivity index (χ0n) is 20.3. The van der Waals surface area contributed by atoms with E-state index in [-0.39, 0.29) is 24.1 Å². The molecule has 6 aliphatic heterocycles. The number of piperidine rings is 3. The van der Waals surface area contributed by atoms with Gasteiger partial charge in [-0.15, -0.1) is 0 Å². The molecule has 6 heterocycles. The third-order valence-electron chi connectivity index (χ3n) is 9.47. The molecule has 5 N–H and O–H groups in total. The van der Waals surface area contributed by atoms with Gasteiger partial charge in [-0.2, -0.15) is 0 Å². The summed E-state index contributed by atoms with van der Waals surface area (Å²) in [7, 11) is 0. The van der Waals surface area contributed by atoms with Crippen LogP contribution in [0, 0.1) is 23.7 Å². The Labute approximate surface area is 198 Å². The number of hydrogen-bond acceptors (Lipinski definition) is 8. The SMILES string of the molecule is CCOC1CN2NC(C)CC2CC1C(=O)NC1CNC(N2CC3CCC2C2CNCC32)CN1. The zero-order valence-corrected chi connectivity index (χ0v) is 20.3. The molecule has 7 aliphatic rings. The Kier molecular flexibility index (Phi) is 6.40. The number of nitrogens with one attached hydrogen (secondary N) is 5. The molecular weight excluding hydrogens is 418 g/mol. The molecule has 10 unspecified atom stereocenters. The summed E-state index contributed by atoms with van der Waals surface area (Å²) in [4.78, 5) is 16.1. The number of carbonyl (C=O) groups is 1. The molecule has 1 aliphatic carbocycles. The third kappa shape index (κ3) is 4.24. The number of carbonyl (C=O) groups excluding carboxylic acids is 1. The van der Waals surface area contributed by atoms with E-state index in [4.69, 9.17) is 4.74 Å². The second-order valence-corrected chi connectivity index (χ2v) is 11.4. The van der Waals surface area contributed by atoms with Gasteiger partial charge in [-0.05, 0) is 70.4 Å². The van der Waals surface area contributed by atoms with Crippen LogP contribution in [0.2, 0.25) is 0 Å². The summed E-state index contributed by atoms with van der Waals surface area (Å²) in [5, 5.41) is 16.7. The average Bonchev–Trinajstić information content (AvgIpc) is 3.46. The van der Waals surface area contributed by atoms with Crippen LogP contribution in [0.3, 0.4) is 0 Å². The van der Waals surface area contributed by atoms with Crippen molar-refractivity contribution in [2.24, 2.45) is 23.7 Å². The highest BCUT2D eigenvalue weighted by atomic mass is 16.5. The lowest BCUT2D eigenvalue weighted by Gasteiger charge is -2.55. The molecule has 1 saturated carbocycles. The Morgan fingerprint density at radius 1 is 1.06 bits per heavy atom. The van der Waals surface area contributed by atoms with Gasteiger partial charge in [0, 0.05) is 50.9 Å². The molecule has 1 amide bonds. The summed E-state index contributed by atoms with van der Waals surface area (Å²) in [6.45, 7) is 11.0. The van der Waals surface area contributed by atoms with Crippen LogP contribution in [0.25, 0.3) is 0 Å². The van der Waals surface area contributed by atoms with Crippen molar-refractivity contribution in [3.63, 3.8) is 0 Å². The molecule has 9 heteroatoms. The Bertz CT molecular complexity index is 717. The van der Waals surface area contributed by atoms with Crippen molar-refractivity contribution in [2.75, 3.05) is 45.9 Å². The van der Waals surface area contributed by atoms with E-state index in [1.54, 1.807) is 0 Å². The second kappa shape index (κ2) is 9.33. The van der Waals surface area contributed by atoms with Gasteiger partial charge < -0.3 is 15.4 Å². The molecule has 10 atom stereocenters. The minimum atomic E-state index is -0.0811. The standard InChI is InChI=1S/C24H43N7O2/c1-3-33-21-13-31-16(6-14(2)29-31)7-17(21)24(32)28-22-10-27-23(11-26-22)30-12-15-4-5-20(30)19-9-25-8-18(15)19/h14-23,25-27,29H,3-13H2,1-2H3,(H,28,32). The summed E-state index contributed by atoms with van der Waals surface area (Å²) in [5.74, 6) is 2.63. The molecule has 9 nitrogen and oxygen atoms in total. The van der Waals surface area contributed by atoms with Crippen molar-refractivity contribution < 1.29 is 9.53 Å². The molecule has 0 aromatic carbocycles. The number of piperazine rings is 1. The lowest BCUT2D eigenvalue weighted by molar-refractivity contribution is -0.138. The van der Waals surface area contributed by atoms with Crippen LogP contribution in [0.1, 0.15) is 39.5 Å². The summed E-state index contributed by atoms with van der Waals surface area (Å²) in [6.07, 6.45) is 5.02. The predicted molar refractivity (Wildman–Crippen MR) is 126 cm³/mol. The van der Waals surface area contributed by atoms with Crippen molar-refractivity contribution >= 4 is 5.91 Å². The number of ether oxygens (including phenoxy) is 1. The topological polar surface area (TPSA) is 92.9 Å². The maximum Gasteiger partial charge on any atom is 0.227 e. The summed E-state index contributed by atoms with van der Waals surface area (Å²) in [6, 6.07) is 1.61. The summed E-state index contributed by atoms with van der Waals surface area (Å²) < 4.78 is 6.02. The molecule has 0 radical (unpaired) electrons. The van der Waals surface area contributed by atoms with Gasteiger partial charge >= 0.3 is 0 Å². The Morgan fingerprint density at radius 3 is 2.76 bits per heavy atom. The fraction of sp³-hybridized carbons (Fsp3) is 0.958. The predicted octanol–water partition coefficient (Wildman–Crippen LogP) is -0.730. The Hall–Kier alpha value is -0.810. The lowest BCUT2D eigenvalue weighted by Crippen LogP contribution is -2.70. The highest BCUT2D eigenvalue weighted by molar-refractivity contribution is 5.79. The van der Waals surface area contributed by atoms with Gasteiger partial charge in [0.2, 0.25) is 5.91 Å². The molecule has 6 saturated heterocycles. The summed E-state index contributed by atoms with van der Waals surface area (Å²) in [5.41, 5.74) is 3.54. The minimum Gasteiger partial charge on any atom is -0.376 e. The maximum atomic E-state index is 13.3. The van der Waals surface area contributed by atoms with E-state index in [2.05, 4.69) is 43.5 Å². The quantitative estimate of drug-likeness (QED) is 0.366. The first-order chi connectivity index (χ1) is 16.1. The Balaban J connectivity index is 1.03. The first-order valence-corrected chi connectivity index (χ1v) is 13.5. The van der Waals surface area contributed by atoms with Gasteiger partial charge in [0.15, 0.2) is 0 Å². The molecule has 33 heavy (non-hydrogen) atoms. The number of amides is 1. The first kappa shape index (κ1) is 22.6. The smallest absolute Gasteiger partial charge is 0.227 e. The number of hydrogen-bond donors (Lipinski definition) is 5. The van der Waals surface area contributed by atoms with Gasteiger partial charge in [-0.3, -0.25) is 25.8 Å². The van der Waals surface area contributed by atoms with E-state index >= 15 is 0 Å². The van der Waals surface area contributed by atoms with E-state index < -0.39 is 0 Å².